The van der Waals surface area contributed by atoms with Crippen molar-refractivity contribution >= 4 is 21.9 Å². The number of carbonyl (C=O) groups excluding carboxylic acids is 1. The number of benzene rings is 1. The fourth-order valence-electron chi connectivity index (χ4n) is 1.41. The lowest BCUT2D eigenvalue weighted by Crippen LogP contribution is -2.11. The van der Waals surface area contributed by atoms with E-state index in [9.17, 15) is 4.79 Å². The van der Waals surface area contributed by atoms with Crippen LogP contribution in [-0.2, 0) is 4.74 Å². The highest BCUT2D eigenvalue weighted by Crippen LogP contribution is 2.15. The fourth-order valence-corrected chi connectivity index (χ4v) is 1.72. The molecule has 1 aromatic heterocycles. The molecule has 2 aromatic rings. The monoisotopic (exact) mass is 335 g/mol. The van der Waals surface area contributed by atoms with Gasteiger partial charge in [-0.15, -0.1) is 0 Å². The standard InChI is InChI=1S/C14H10BrNO4/c15-13-6-5-12(20-13)14(17)19-8-7-18-11-3-1-10(9-16)2-4-11/h1-6H,7-8H2. The van der Waals surface area contributed by atoms with Crippen molar-refractivity contribution in [2.24, 2.45) is 0 Å². The Morgan fingerprint density at radius 3 is 2.55 bits per heavy atom. The molecule has 0 saturated heterocycles. The maximum absolute atomic E-state index is 11.5. The first-order valence-corrected chi connectivity index (χ1v) is 6.54. The molecule has 20 heavy (non-hydrogen) atoms. The molecule has 0 aliphatic heterocycles. The Morgan fingerprint density at radius 1 is 1.20 bits per heavy atom. The number of esters is 1. The van der Waals surface area contributed by atoms with Gasteiger partial charge in [0.05, 0.1) is 11.6 Å². The first kappa shape index (κ1) is 14.2. The van der Waals surface area contributed by atoms with Crippen LogP contribution in [0.3, 0.4) is 0 Å². The summed E-state index contributed by atoms with van der Waals surface area (Å²) < 4.78 is 15.9. The second kappa shape index (κ2) is 6.78. The zero-order valence-electron chi connectivity index (χ0n) is 10.3. The van der Waals surface area contributed by atoms with E-state index in [2.05, 4.69) is 15.9 Å². The lowest BCUT2D eigenvalue weighted by Gasteiger charge is -2.06. The summed E-state index contributed by atoms with van der Waals surface area (Å²) in [5, 5.41) is 8.65. The molecule has 0 amide bonds. The molecule has 1 heterocycles. The van der Waals surface area contributed by atoms with E-state index in [-0.39, 0.29) is 19.0 Å². The van der Waals surface area contributed by atoms with Gasteiger partial charge in [-0.05, 0) is 52.3 Å². The van der Waals surface area contributed by atoms with Crippen LogP contribution in [0, 0.1) is 11.3 Å². The molecule has 0 atom stereocenters. The Bertz CT molecular complexity index is 627. The molecule has 0 fully saturated rings. The number of nitriles is 1. The van der Waals surface area contributed by atoms with Crippen molar-refractivity contribution in [2.45, 2.75) is 0 Å². The van der Waals surface area contributed by atoms with E-state index in [1.165, 1.54) is 6.07 Å². The zero-order valence-corrected chi connectivity index (χ0v) is 11.9. The van der Waals surface area contributed by atoms with Crippen molar-refractivity contribution in [3.05, 3.63) is 52.4 Å². The predicted molar refractivity (Wildman–Crippen MR) is 73.3 cm³/mol. The number of ether oxygens (including phenoxy) is 2. The molecule has 0 N–H and O–H groups in total. The molecule has 0 radical (unpaired) electrons. The summed E-state index contributed by atoms with van der Waals surface area (Å²) in [5.74, 6) is 0.204. The maximum atomic E-state index is 11.5. The summed E-state index contributed by atoms with van der Waals surface area (Å²) in [6.45, 7) is 0.330. The first-order valence-electron chi connectivity index (χ1n) is 5.74. The third kappa shape index (κ3) is 3.87. The number of nitrogens with zero attached hydrogens (tertiary/aromatic N) is 1. The molecule has 0 saturated carbocycles. The van der Waals surface area contributed by atoms with Crippen LogP contribution >= 0.6 is 15.9 Å². The number of furan rings is 1. The minimum atomic E-state index is -0.542. The topological polar surface area (TPSA) is 72.5 Å². The van der Waals surface area contributed by atoms with Crippen molar-refractivity contribution in [3.8, 4) is 11.8 Å². The van der Waals surface area contributed by atoms with Gasteiger partial charge in [0.15, 0.2) is 4.67 Å². The van der Waals surface area contributed by atoms with Crippen LogP contribution in [0.2, 0.25) is 0 Å². The van der Waals surface area contributed by atoms with Gasteiger partial charge in [0.2, 0.25) is 5.76 Å². The van der Waals surface area contributed by atoms with Gasteiger partial charge in [-0.2, -0.15) is 5.26 Å². The van der Waals surface area contributed by atoms with Gasteiger partial charge in [-0.25, -0.2) is 4.79 Å². The van der Waals surface area contributed by atoms with Gasteiger partial charge >= 0.3 is 5.97 Å². The normalized spacial score (nSPS) is 9.80. The van der Waals surface area contributed by atoms with Gasteiger partial charge in [-0.3, -0.25) is 0 Å². The minimum absolute atomic E-state index is 0.108. The van der Waals surface area contributed by atoms with Crippen molar-refractivity contribution in [2.75, 3.05) is 13.2 Å². The first-order chi connectivity index (χ1) is 9.69. The molecule has 0 aliphatic carbocycles. The number of carbonyl (C=O) groups is 1. The highest BCUT2D eigenvalue weighted by Gasteiger charge is 2.11. The van der Waals surface area contributed by atoms with Crippen LogP contribution in [0.5, 0.6) is 5.75 Å². The molecule has 5 nitrogen and oxygen atoms in total. The summed E-state index contributed by atoms with van der Waals surface area (Å²) in [5.41, 5.74) is 0.562. The average Bonchev–Trinajstić information content (AvgIpc) is 2.91. The van der Waals surface area contributed by atoms with E-state index in [1.807, 2.05) is 6.07 Å². The quantitative estimate of drug-likeness (QED) is 0.619. The molecule has 0 unspecified atom stereocenters. The van der Waals surface area contributed by atoms with Crippen LogP contribution in [0.1, 0.15) is 16.1 Å². The summed E-state index contributed by atoms with van der Waals surface area (Å²) >= 11 is 3.10. The minimum Gasteiger partial charge on any atom is -0.490 e. The third-order valence-corrected chi connectivity index (χ3v) is 2.77. The average molecular weight is 336 g/mol. The Hall–Kier alpha value is -2.26. The third-order valence-electron chi connectivity index (χ3n) is 2.34. The molecule has 2 rings (SSSR count). The van der Waals surface area contributed by atoms with E-state index in [0.717, 1.165) is 0 Å². The van der Waals surface area contributed by atoms with Crippen molar-refractivity contribution in [1.29, 1.82) is 5.26 Å². The number of rotatable bonds is 5. The SMILES string of the molecule is N#Cc1ccc(OCCOC(=O)c2ccc(Br)o2)cc1. The van der Waals surface area contributed by atoms with Gasteiger partial charge < -0.3 is 13.9 Å². The zero-order chi connectivity index (χ0) is 14.4. The summed E-state index contributed by atoms with van der Waals surface area (Å²) in [7, 11) is 0. The highest BCUT2D eigenvalue weighted by atomic mass is 79.9. The van der Waals surface area contributed by atoms with E-state index in [4.69, 9.17) is 19.2 Å². The second-order valence-electron chi connectivity index (χ2n) is 3.72. The van der Waals surface area contributed by atoms with Gasteiger partial charge in [-0.1, -0.05) is 0 Å². The molecule has 0 bridgehead atoms. The summed E-state index contributed by atoms with van der Waals surface area (Å²) in [6, 6.07) is 11.8. The summed E-state index contributed by atoms with van der Waals surface area (Å²) in [4.78, 5) is 11.5. The number of hydrogen-bond donors (Lipinski definition) is 0. The smallest absolute Gasteiger partial charge is 0.374 e. The predicted octanol–water partition coefficient (Wildman–Crippen LogP) is 3.15. The Morgan fingerprint density at radius 2 is 1.95 bits per heavy atom. The van der Waals surface area contributed by atoms with E-state index < -0.39 is 5.97 Å². The van der Waals surface area contributed by atoms with Crippen molar-refractivity contribution in [1.82, 2.24) is 0 Å². The van der Waals surface area contributed by atoms with Gasteiger partial charge in [0.25, 0.3) is 0 Å². The van der Waals surface area contributed by atoms with E-state index >= 15 is 0 Å². The molecular formula is C14H10BrNO4. The van der Waals surface area contributed by atoms with Crippen LogP contribution in [-0.4, -0.2) is 19.2 Å². The Labute approximate surface area is 123 Å². The van der Waals surface area contributed by atoms with Gasteiger partial charge in [0.1, 0.15) is 19.0 Å². The van der Waals surface area contributed by atoms with Crippen molar-refractivity contribution in [3.63, 3.8) is 0 Å². The summed E-state index contributed by atoms with van der Waals surface area (Å²) in [6.07, 6.45) is 0. The lowest BCUT2D eigenvalue weighted by atomic mass is 10.2. The van der Waals surface area contributed by atoms with Gasteiger partial charge in [0, 0.05) is 0 Å². The number of hydrogen-bond acceptors (Lipinski definition) is 5. The molecule has 1 aromatic carbocycles. The maximum Gasteiger partial charge on any atom is 0.374 e. The largest absolute Gasteiger partial charge is 0.490 e. The molecular weight excluding hydrogens is 326 g/mol. The number of halogens is 1. The lowest BCUT2D eigenvalue weighted by molar-refractivity contribution is 0.0413. The Kier molecular flexibility index (Phi) is 4.80. The van der Waals surface area contributed by atoms with Crippen LogP contribution in [0.15, 0.2) is 45.5 Å². The second-order valence-corrected chi connectivity index (χ2v) is 4.51. The van der Waals surface area contributed by atoms with Crippen LogP contribution < -0.4 is 4.74 Å². The fraction of sp³-hybridized carbons (Fsp3) is 0.143. The van der Waals surface area contributed by atoms with Crippen LogP contribution in [0.25, 0.3) is 0 Å². The molecule has 6 heteroatoms. The van der Waals surface area contributed by atoms with E-state index in [1.54, 1.807) is 30.3 Å². The van der Waals surface area contributed by atoms with Crippen LogP contribution in [0.4, 0.5) is 0 Å². The Balaban J connectivity index is 1.73. The van der Waals surface area contributed by atoms with Crippen molar-refractivity contribution < 1.29 is 18.7 Å². The highest BCUT2D eigenvalue weighted by molar-refractivity contribution is 9.10. The molecule has 0 spiro atoms. The molecule has 102 valence electrons. The molecule has 0 aliphatic rings. The van der Waals surface area contributed by atoms with E-state index in [0.29, 0.717) is 16.0 Å².